The van der Waals surface area contributed by atoms with Gasteiger partial charge < -0.3 is 10.1 Å². The first-order valence-corrected chi connectivity index (χ1v) is 8.85. The third kappa shape index (κ3) is 4.05. The van der Waals surface area contributed by atoms with Crippen molar-refractivity contribution in [3.8, 4) is 5.75 Å². The Bertz CT molecular complexity index is 637. The molecular weight excluding hydrogens is 348 g/mol. The van der Waals surface area contributed by atoms with Crippen LogP contribution in [0.4, 0.5) is 0 Å². The Hall–Kier alpha value is -0.910. The van der Waals surface area contributed by atoms with Gasteiger partial charge in [0.1, 0.15) is 12.4 Å². The van der Waals surface area contributed by atoms with E-state index in [1.807, 2.05) is 6.92 Å². The van der Waals surface area contributed by atoms with E-state index < -0.39 is 0 Å². The Morgan fingerprint density at radius 2 is 2.19 bits per heavy atom. The van der Waals surface area contributed by atoms with Gasteiger partial charge in [-0.05, 0) is 44.4 Å². The highest BCUT2D eigenvalue weighted by atomic mass is 79.9. The first-order chi connectivity index (χ1) is 10.1. The summed E-state index contributed by atoms with van der Waals surface area (Å²) >= 11 is 5.24. The molecule has 3 rings (SSSR count). The number of aryl methyl sites for hydroxylation is 2. The number of aromatic nitrogens is 1. The molecule has 1 aromatic heterocycles. The normalized spacial score (nSPS) is 14.4. The fourth-order valence-corrected chi connectivity index (χ4v) is 3.52. The molecule has 0 unspecified atom stereocenters. The molecule has 0 aliphatic heterocycles. The van der Waals surface area contributed by atoms with Gasteiger partial charge in [0.05, 0.1) is 10.7 Å². The summed E-state index contributed by atoms with van der Waals surface area (Å²) in [7, 11) is 0. The molecule has 0 spiro atoms. The van der Waals surface area contributed by atoms with E-state index >= 15 is 0 Å². The first kappa shape index (κ1) is 15.0. The Morgan fingerprint density at radius 3 is 2.86 bits per heavy atom. The number of nitrogens with one attached hydrogen (secondary N) is 1. The zero-order valence-electron chi connectivity index (χ0n) is 12.3. The van der Waals surface area contributed by atoms with Crippen LogP contribution < -0.4 is 10.1 Å². The zero-order valence-corrected chi connectivity index (χ0v) is 14.7. The number of rotatable bonds is 6. The minimum Gasteiger partial charge on any atom is -0.487 e. The molecule has 1 aliphatic carbocycles. The number of benzene rings is 1. The second-order valence-corrected chi connectivity index (χ2v) is 7.49. The number of nitrogens with zero attached hydrogens (tertiary/aromatic N) is 1. The molecule has 21 heavy (non-hydrogen) atoms. The molecule has 3 nitrogen and oxygen atoms in total. The fourth-order valence-electron chi connectivity index (χ4n) is 2.30. The molecule has 1 aliphatic rings. The molecule has 1 fully saturated rings. The number of thiazole rings is 1. The molecule has 2 aromatic rings. The molecule has 0 saturated heterocycles. The fraction of sp³-hybridized carbons (Fsp3) is 0.438. The second kappa shape index (κ2) is 6.46. The van der Waals surface area contributed by atoms with Crippen LogP contribution in [0.1, 0.15) is 34.7 Å². The number of ether oxygens (including phenoxy) is 1. The van der Waals surface area contributed by atoms with Crippen LogP contribution in [0.5, 0.6) is 5.75 Å². The van der Waals surface area contributed by atoms with Gasteiger partial charge in [0.2, 0.25) is 0 Å². The lowest BCUT2D eigenvalue weighted by Crippen LogP contribution is -2.16. The molecule has 112 valence electrons. The largest absolute Gasteiger partial charge is 0.487 e. The van der Waals surface area contributed by atoms with E-state index in [1.165, 1.54) is 18.4 Å². The van der Waals surface area contributed by atoms with Crippen molar-refractivity contribution in [2.75, 3.05) is 0 Å². The Morgan fingerprint density at radius 1 is 1.38 bits per heavy atom. The molecule has 5 heteroatoms. The molecule has 0 bridgehead atoms. The van der Waals surface area contributed by atoms with Crippen molar-refractivity contribution in [2.45, 2.75) is 45.9 Å². The molecule has 0 radical (unpaired) electrons. The Kier molecular flexibility index (Phi) is 4.62. The smallest absolute Gasteiger partial charge is 0.131 e. The summed E-state index contributed by atoms with van der Waals surface area (Å²) < 4.78 is 7.16. The lowest BCUT2D eigenvalue weighted by molar-refractivity contribution is 0.296. The van der Waals surface area contributed by atoms with Crippen LogP contribution in [-0.4, -0.2) is 11.0 Å². The van der Waals surface area contributed by atoms with Crippen molar-refractivity contribution in [3.63, 3.8) is 0 Å². The van der Waals surface area contributed by atoms with E-state index in [0.29, 0.717) is 12.6 Å². The van der Waals surface area contributed by atoms with E-state index in [1.54, 1.807) is 11.3 Å². The standard InChI is InChI=1S/C16H19BrN2OS/c1-10-5-13(17)6-12(7-18-14-3-4-14)16(10)20-8-15-9-21-11(2)19-15/h5-6,9,14,18H,3-4,7-8H2,1-2H3. The predicted molar refractivity (Wildman–Crippen MR) is 89.9 cm³/mol. The van der Waals surface area contributed by atoms with Crippen LogP contribution in [-0.2, 0) is 13.2 Å². The molecule has 1 N–H and O–H groups in total. The van der Waals surface area contributed by atoms with Gasteiger partial charge in [0.25, 0.3) is 0 Å². The maximum Gasteiger partial charge on any atom is 0.131 e. The highest BCUT2D eigenvalue weighted by molar-refractivity contribution is 9.10. The van der Waals surface area contributed by atoms with Crippen molar-refractivity contribution in [2.24, 2.45) is 0 Å². The quantitative estimate of drug-likeness (QED) is 0.824. The van der Waals surface area contributed by atoms with E-state index in [9.17, 15) is 0 Å². The average molecular weight is 367 g/mol. The minimum absolute atomic E-state index is 0.531. The maximum atomic E-state index is 6.06. The van der Waals surface area contributed by atoms with Gasteiger partial charge in [-0.25, -0.2) is 4.98 Å². The summed E-state index contributed by atoms with van der Waals surface area (Å²) in [5.41, 5.74) is 3.37. The number of hydrogen-bond donors (Lipinski definition) is 1. The Balaban J connectivity index is 1.74. The van der Waals surface area contributed by atoms with Gasteiger partial charge in [-0.1, -0.05) is 15.9 Å². The lowest BCUT2D eigenvalue weighted by Gasteiger charge is -2.15. The molecule has 1 heterocycles. The molecule has 1 saturated carbocycles. The van der Waals surface area contributed by atoms with E-state index in [-0.39, 0.29) is 0 Å². The first-order valence-electron chi connectivity index (χ1n) is 7.18. The summed E-state index contributed by atoms with van der Waals surface area (Å²) in [6.45, 7) is 5.50. The van der Waals surface area contributed by atoms with Crippen molar-refractivity contribution >= 4 is 27.3 Å². The van der Waals surface area contributed by atoms with Crippen LogP contribution >= 0.6 is 27.3 Å². The molecular formula is C16H19BrN2OS. The summed E-state index contributed by atoms with van der Waals surface area (Å²) in [5, 5.41) is 6.70. The van der Waals surface area contributed by atoms with Crippen LogP contribution in [0, 0.1) is 13.8 Å². The minimum atomic E-state index is 0.531. The molecule has 0 atom stereocenters. The third-order valence-electron chi connectivity index (χ3n) is 3.51. The highest BCUT2D eigenvalue weighted by Crippen LogP contribution is 2.30. The van der Waals surface area contributed by atoms with Crippen LogP contribution in [0.15, 0.2) is 22.0 Å². The molecule has 0 amide bonds. The van der Waals surface area contributed by atoms with Crippen molar-refractivity contribution in [3.05, 3.63) is 43.8 Å². The monoisotopic (exact) mass is 366 g/mol. The topological polar surface area (TPSA) is 34.1 Å². The van der Waals surface area contributed by atoms with Gasteiger partial charge in [-0.2, -0.15) is 0 Å². The zero-order chi connectivity index (χ0) is 14.8. The summed E-state index contributed by atoms with van der Waals surface area (Å²) in [5.74, 6) is 0.983. The predicted octanol–water partition coefficient (Wildman–Crippen LogP) is 4.35. The summed E-state index contributed by atoms with van der Waals surface area (Å²) in [6.07, 6.45) is 2.59. The Labute approximate surface area is 137 Å². The van der Waals surface area contributed by atoms with Gasteiger partial charge in [-0.3, -0.25) is 0 Å². The number of hydrogen-bond acceptors (Lipinski definition) is 4. The number of halogens is 1. The highest BCUT2D eigenvalue weighted by Gasteiger charge is 2.21. The van der Waals surface area contributed by atoms with Crippen LogP contribution in [0.25, 0.3) is 0 Å². The van der Waals surface area contributed by atoms with Crippen LogP contribution in [0.3, 0.4) is 0 Å². The van der Waals surface area contributed by atoms with Crippen molar-refractivity contribution in [1.29, 1.82) is 0 Å². The summed E-state index contributed by atoms with van der Waals surface area (Å²) in [4.78, 5) is 4.46. The van der Waals surface area contributed by atoms with Gasteiger partial charge in [0, 0.05) is 28.0 Å². The van der Waals surface area contributed by atoms with Crippen molar-refractivity contribution in [1.82, 2.24) is 10.3 Å². The third-order valence-corrected chi connectivity index (χ3v) is 4.79. The van der Waals surface area contributed by atoms with E-state index in [2.05, 4.69) is 50.7 Å². The summed E-state index contributed by atoms with van der Waals surface area (Å²) in [6, 6.07) is 4.94. The second-order valence-electron chi connectivity index (χ2n) is 5.51. The molecule has 1 aromatic carbocycles. The average Bonchev–Trinajstić information content (AvgIpc) is 3.17. The van der Waals surface area contributed by atoms with Gasteiger partial charge >= 0.3 is 0 Å². The lowest BCUT2D eigenvalue weighted by atomic mass is 10.1. The van der Waals surface area contributed by atoms with E-state index in [4.69, 9.17) is 4.74 Å². The maximum absolute atomic E-state index is 6.06. The van der Waals surface area contributed by atoms with E-state index in [0.717, 1.165) is 33.0 Å². The van der Waals surface area contributed by atoms with Gasteiger partial charge in [-0.15, -0.1) is 11.3 Å². The van der Waals surface area contributed by atoms with Crippen LogP contribution in [0.2, 0.25) is 0 Å². The van der Waals surface area contributed by atoms with Gasteiger partial charge in [0.15, 0.2) is 0 Å². The van der Waals surface area contributed by atoms with Crippen molar-refractivity contribution < 1.29 is 4.74 Å². The SMILES string of the molecule is Cc1nc(COc2c(C)cc(Br)cc2CNC2CC2)cs1.